The van der Waals surface area contributed by atoms with Crippen molar-refractivity contribution in [2.45, 2.75) is 51.4 Å². The summed E-state index contributed by atoms with van der Waals surface area (Å²) in [4.78, 5) is 9.13. The van der Waals surface area contributed by atoms with Crippen LogP contribution < -0.4 is 0 Å². The van der Waals surface area contributed by atoms with Crippen LogP contribution in [0.2, 0.25) is 0 Å². The fourth-order valence-electron chi connectivity index (χ4n) is 4.37. The normalized spacial score (nSPS) is 19.5. The Morgan fingerprint density at radius 1 is 0.786 bits per heavy atom. The average Bonchev–Trinajstić information content (AvgIpc) is 2.75. The van der Waals surface area contributed by atoms with Crippen LogP contribution in [0.25, 0.3) is 22.5 Å². The molecule has 0 atom stereocenters. The Hall–Kier alpha value is -2.00. The minimum atomic E-state index is 0.734. The Balaban J connectivity index is 1.43. The van der Waals surface area contributed by atoms with Crippen LogP contribution in [0.3, 0.4) is 0 Å². The zero-order chi connectivity index (χ0) is 19.3. The third-order valence-corrected chi connectivity index (χ3v) is 6.54. The van der Waals surface area contributed by atoms with Crippen molar-refractivity contribution in [2.75, 3.05) is 0 Å². The number of hydrogen-bond acceptors (Lipinski definition) is 2. The number of rotatable bonds is 5. The highest BCUT2D eigenvalue weighted by molar-refractivity contribution is 9.10. The molecule has 1 saturated carbocycles. The molecule has 0 spiro atoms. The summed E-state index contributed by atoms with van der Waals surface area (Å²) < 4.78 is 1.06. The van der Waals surface area contributed by atoms with E-state index in [1.807, 2.05) is 36.7 Å². The molecule has 2 nitrogen and oxygen atoms in total. The minimum absolute atomic E-state index is 0.734. The first-order valence-electron chi connectivity index (χ1n) is 10.4. The van der Waals surface area contributed by atoms with Gasteiger partial charge in [-0.3, -0.25) is 0 Å². The molecule has 1 aliphatic rings. The third-order valence-electron chi connectivity index (χ3n) is 6.01. The van der Waals surface area contributed by atoms with Crippen molar-refractivity contribution in [3.8, 4) is 22.5 Å². The second-order valence-corrected chi connectivity index (χ2v) is 8.85. The lowest BCUT2D eigenvalue weighted by Gasteiger charge is -2.28. The summed E-state index contributed by atoms with van der Waals surface area (Å²) in [5, 5.41) is 0. The van der Waals surface area contributed by atoms with Gasteiger partial charge < -0.3 is 0 Å². The molecule has 1 aromatic heterocycles. The van der Waals surface area contributed by atoms with Gasteiger partial charge in [-0.05, 0) is 60.8 Å². The maximum atomic E-state index is 4.57. The zero-order valence-corrected chi connectivity index (χ0v) is 18.0. The molecule has 0 aliphatic heterocycles. The van der Waals surface area contributed by atoms with Crippen LogP contribution in [-0.2, 0) is 0 Å². The Morgan fingerprint density at radius 3 is 2.00 bits per heavy atom. The molecule has 4 rings (SSSR count). The highest BCUT2D eigenvalue weighted by Crippen LogP contribution is 2.38. The molecular formula is C25H27BrN2. The summed E-state index contributed by atoms with van der Waals surface area (Å²) in [6, 6.07) is 17.2. The van der Waals surface area contributed by atoms with Crippen LogP contribution in [0.5, 0.6) is 0 Å². The second kappa shape index (κ2) is 9.00. The van der Waals surface area contributed by atoms with E-state index in [1.54, 1.807) is 0 Å². The van der Waals surface area contributed by atoms with E-state index in [4.69, 9.17) is 0 Å². The van der Waals surface area contributed by atoms with E-state index in [2.05, 4.69) is 57.1 Å². The molecule has 0 saturated heterocycles. The highest BCUT2D eigenvalue weighted by atomic mass is 79.9. The third kappa shape index (κ3) is 4.52. The molecule has 2 aromatic carbocycles. The van der Waals surface area contributed by atoms with E-state index < -0.39 is 0 Å². The molecule has 0 unspecified atom stereocenters. The van der Waals surface area contributed by atoms with Crippen LogP contribution in [0.15, 0.2) is 65.4 Å². The zero-order valence-electron chi connectivity index (χ0n) is 16.4. The lowest BCUT2D eigenvalue weighted by Crippen LogP contribution is -2.13. The van der Waals surface area contributed by atoms with Crippen molar-refractivity contribution in [2.24, 2.45) is 5.92 Å². The molecule has 3 heteroatoms. The molecule has 0 N–H and O–H groups in total. The summed E-state index contributed by atoms with van der Waals surface area (Å²) >= 11 is 3.46. The first-order chi connectivity index (χ1) is 13.7. The van der Waals surface area contributed by atoms with Gasteiger partial charge in [0.2, 0.25) is 0 Å². The number of aromatic nitrogens is 2. The molecule has 1 heterocycles. The number of benzene rings is 2. The van der Waals surface area contributed by atoms with Crippen LogP contribution in [0.4, 0.5) is 0 Å². The SMILES string of the molecule is CCCC1CCC(c2ccc(-c3cnc(-c4ccc(Br)cc4)nc3)cc2)CC1. The van der Waals surface area contributed by atoms with Crippen LogP contribution in [0, 0.1) is 5.92 Å². The number of halogens is 1. The van der Waals surface area contributed by atoms with E-state index in [0.29, 0.717) is 0 Å². The Bertz CT molecular complexity index is 877. The van der Waals surface area contributed by atoms with Crippen molar-refractivity contribution >= 4 is 15.9 Å². The molecule has 1 fully saturated rings. The lowest BCUT2D eigenvalue weighted by atomic mass is 9.77. The van der Waals surface area contributed by atoms with E-state index in [1.165, 1.54) is 49.7 Å². The average molecular weight is 435 g/mol. The molecule has 144 valence electrons. The van der Waals surface area contributed by atoms with Gasteiger partial charge in [-0.1, -0.05) is 72.1 Å². The Labute approximate surface area is 176 Å². The van der Waals surface area contributed by atoms with Gasteiger partial charge in [0.25, 0.3) is 0 Å². The van der Waals surface area contributed by atoms with Gasteiger partial charge in [-0.2, -0.15) is 0 Å². The van der Waals surface area contributed by atoms with Crippen LogP contribution >= 0.6 is 15.9 Å². The molecule has 3 aromatic rings. The lowest BCUT2D eigenvalue weighted by molar-refractivity contribution is 0.308. The molecule has 1 aliphatic carbocycles. The maximum absolute atomic E-state index is 4.57. The van der Waals surface area contributed by atoms with Gasteiger partial charge in [0, 0.05) is 28.0 Å². The van der Waals surface area contributed by atoms with Gasteiger partial charge in [0.05, 0.1) is 0 Å². The van der Waals surface area contributed by atoms with Crippen LogP contribution in [0.1, 0.15) is 56.9 Å². The summed E-state index contributed by atoms with van der Waals surface area (Å²) in [5.41, 5.74) is 4.78. The topological polar surface area (TPSA) is 25.8 Å². The number of nitrogens with zero attached hydrogens (tertiary/aromatic N) is 2. The van der Waals surface area contributed by atoms with Crippen molar-refractivity contribution in [1.82, 2.24) is 9.97 Å². The first-order valence-corrected chi connectivity index (χ1v) is 11.2. The van der Waals surface area contributed by atoms with E-state index in [-0.39, 0.29) is 0 Å². The maximum Gasteiger partial charge on any atom is 0.159 e. The molecular weight excluding hydrogens is 408 g/mol. The van der Waals surface area contributed by atoms with Crippen molar-refractivity contribution in [3.05, 3.63) is 71.0 Å². The second-order valence-electron chi connectivity index (χ2n) is 7.93. The molecule has 0 amide bonds. The summed E-state index contributed by atoms with van der Waals surface area (Å²) in [7, 11) is 0. The first kappa shape index (κ1) is 19.3. The van der Waals surface area contributed by atoms with E-state index in [9.17, 15) is 0 Å². The van der Waals surface area contributed by atoms with Crippen LogP contribution in [-0.4, -0.2) is 9.97 Å². The highest BCUT2D eigenvalue weighted by Gasteiger charge is 2.21. The number of hydrogen-bond donors (Lipinski definition) is 0. The summed E-state index contributed by atoms with van der Waals surface area (Å²) in [5.74, 6) is 2.46. The Kier molecular flexibility index (Phi) is 6.21. The van der Waals surface area contributed by atoms with E-state index in [0.717, 1.165) is 33.3 Å². The van der Waals surface area contributed by atoms with Crippen molar-refractivity contribution in [1.29, 1.82) is 0 Å². The minimum Gasteiger partial charge on any atom is -0.236 e. The summed E-state index contributed by atoms with van der Waals surface area (Å²) in [6.07, 6.45) is 12.1. The standard InChI is InChI=1S/C25H27BrN2/c1-2-3-18-4-6-19(7-5-18)20-8-10-21(11-9-20)23-16-27-25(28-17-23)22-12-14-24(26)15-13-22/h8-19H,2-7H2,1H3. The predicted octanol–water partition coefficient (Wildman–Crippen LogP) is 7.65. The fraction of sp³-hybridized carbons (Fsp3) is 0.360. The van der Waals surface area contributed by atoms with Crippen molar-refractivity contribution in [3.63, 3.8) is 0 Å². The molecule has 0 radical (unpaired) electrons. The van der Waals surface area contributed by atoms with Crippen molar-refractivity contribution < 1.29 is 0 Å². The van der Waals surface area contributed by atoms with Gasteiger partial charge in [0.1, 0.15) is 0 Å². The predicted molar refractivity (Wildman–Crippen MR) is 120 cm³/mol. The van der Waals surface area contributed by atoms with Gasteiger partial charge in [0.15, 0.2) is 5.82 Å². The molecule has 0 bridgehead atoms. The summed E-state index contributed by atoms with van der Waals surface area (Å²) in [6.45, 7) is 2.31. The fourth-order valence-corrected chi connectivity index (χ4v) is 4.63. The van der Waals surface area contributed by atoms with E-state index >= 15 is 0 Å². The van der Waals surface area contributed by atoms with Gasteiger partial charge >= 0.3 is 0 Å². The Morgan fingerprint density at radius 2 is 1.39 bits per heavy atom. The largest absolute Gasteiger partial charge is 0.236 e. The monoisotopic (exact) mass is 434 g/mol. The van der Waals surface area contributed by atoms with Gasteiger partial charge in [-0.25, -0.2) is 9.97 Å². The quantitative estimate of drug-likeness (QED) is 0.411. The molecule has 28 heavy (non-hydrogen) atoms. The smallest absolute Gasteiger partial charge is 0.159 e. The van der Waals surface area contributed by atoms with Gasteiger partial charge in [-0.15, -0.1) is 0 Å².